The quantitative estimate of drug-likeness (QED) is 0.661. The van der Waals surface area contributed by atoms with Crippen LogP contribution in [0.2, 0.25) is 5.02 Å². The number of carbonyl (C=O) groups is 1. The monoisotopic (exact) mass is 364 g/mol. The number of carbonyl (C=O) groups excluding carboxylic acids is 1. The van der Waals surface area contributed by atoms with Gasteiger partial charge in [0.25, 0.3) is 0 Å². The third-order valence-electron chi connectivity index (χ3n) is 2.21. The molecule has 7 heteroatoms. The second-order valence-electron chi connectivity index (χ2n) is 3.49. The first-order chi connectivity index (χ1) is 8.60. The van der Waals surface area contributed by atoms with Crippen LogP contribution in [0.1, 0.15) is 12.7 Å². The van der Waals surface area contributed by atoms with Crippen molar-refractivity contribution in [2.75, 3.05) is 6.61 Å². The number of hydrogen-bond acceptors (Lipinski definition) is 3. The van der Waals surface area contributed by atoms with Crippen molar-refractivity contribution >= 4 is 63.0 Å². The zero-order chi connectivity index (χ0) is 13.1. The molecule has 1 N–H and O–H groups in total. The number of aromatic nitrogens is 2. The average molecular weight is 366 g/mol. The highest BCUT2D eigenvalue weighted by molar-refractivity contribution is 9.10. The molecule has 0 aliphatic heterocycles. The lowest BCUT2D eigenvalue weighted by molar-refractivity contribution is -0.137. The first-order valence-corrected chi connectivity index (χ1v) is 6.47. The molecule has 1 aromatic heterocycles. The first-order valence-electron chi connectivity index (χ1n) is 5.29. The molecule has 4 nitrogen and oxygen atoms in total. The van der Waals surface area contributed by atoms with Crippen molar-refractivity contribution in [1.82, 2.24) is 9.97 Å². The predicted octanol–water partition coefficient (Wildman–Crippen LogP) is 3.98. The van der Waals surface area contributed by atoms with E-state index in [1.54, 1.807) is 19.1 Å². The fraction of sp³-hybridized carbons (Fsp3) is 0.167. The van der Waals surface area contributed by atoms with Crippen LogP contribution in [-0.2, 0) is 9.53 Å². The summed E-state index contributed by atoms with van der Waals surface area (Å²) in [5, 5.41) is 0.604. The number of hydrogen-bond donors (Lipinski definition) is 1. The van der Waals surface area contributed by atoms with E-state index in [0.29, 0.717) is 17.5 Å². The molecule has 2 rings (SSSR count). The molecule has 0 radical (unpaired) electrons. The normalized spacial score (nSPS) is 10.7. The van der Waals surface area contributed by atoms with Crippen molar-refractivity contribution in [3.05, 3.63) is 33.5 Å². The molecule has 1 aromatic carbocycles. The number of nitrogens with zero attached hydrogens (tertiary/aromatic N) is 1. The number of fused-ring (bicyclic) bond motifs is 1. The molecule has 0 aliphatic rings. The van der Waals surface area contributed by atoms with Crippen LogP contribution >= 0.6 is 39.9 Å². The second kappa shape index (κ2) is 6.93. The van der Waals surface area contributed by atoms with Gasteiger partial charge in [0.15, 0.2) is 0 Å². The van der Waals surface area contributed by atoms with Crippen LogP contribution in [0.5, 0.6) is 0 Å². The summed E-state index contributed by atoms with van der Waals surface area (Å²) in [6, 6.07) is 3.59. The Bertz CT molecular complexity index is 586. The molecular formula is C12H11BrCl2N2O2. The Morgan fingerprint density at radius 1 is 1.58 bits per heavy atom. The largest absolute Gasteiger partial charge is 0.463 e. The van der Waals surface area contributed by atoms with Gasteiger partial charge in [-0.3, -0.25) is 0 Å². The lowest BCUT2D eigenvalue weighted by Crippen LogP contribution is -1.98. The zero-order valence-corrected chi connectivity index (χ0v) is 13.1. The van der Waals surface area contributed by atoms with Crippen molar-refractivity contribution in [3.63, 3.8) is 0 Å². The van der Waals surface area contributed by atoms with Crippen molar-refractivity contribution in [2.24, 2.45) is 0 Å². The van der Waals surface area contributed by atoms with Crippen LogP contribution in [0.25, 0.3) is 17.1 Å². The van der Waals surface area contributed by atoms with E-state index in [1.165, 1.54) is 6.08 Å². The Balaban J connectivity index is 0.00000180. The molecule has 2 aromatic rings. The number of esters is 1. The highest BCUT2D eigenvalue weighted by Crippen LogP contribution is 2.27. The van der Waals surface area contributed by atoms with E-state index in [-0.39, 0.29) is 12.4 Å². The van der Waals surface area contributed by atoms with E-state index in [4.69, 9.17) is 16.3 Å². The number of rotatable bonds is 3. The van der Waals surface area contributed by atoms with Gasteiger partial charge in [0.05, 0.1) is 22.7 Å². The summed E-state index contributed by atoms with van der Waals surface area (Å²) >= 11 is 9.31. The van der Waals surface area contributed by atoms with Crippen LogP contribution in [0.4, 0.5) is 0 Å². The number of aromatic amines is 1. The van der Waals surface area contributed by atoms with Crippen molar-refractivity contribution in [2.45, 2.75) is 6.92 Å². The molecule has 0 saturated carbocycles. The van der Waals surface area contributed by atoms with E-state index in [2.05, 4.69) is 25.9 Å². The number of halogens is 3. The Kier molecular flexibility index (Phi) is 5.85. The van der Waals surface area contributed by atoms with Crippen molar-refractivity contribution < 1.29 is 9.53 Å². The first kappa shape index (κ1) is 16.0. The number of ether oxygens (including phenoxy) is 1. The molecule has 0 unspecified atom stereocenters. The van der Waals surface area contributed by atoms with Gasteiger partial charge in [0, 0.05) is 10.5 Å². The van der Waals surface area contributed by atoms with E-state index in [1.807, 2.05) is 6.07 Å². The van der Waals surface area contributed by atoms with Gasteiger partial charge in [-0.1, -0.05) is 11.6 Å². The Morgan fingerprint density at radius 2 is 2.32 bits per heavy atom. The molecule has 0 atom stereocenters. The predicted molar refractivity (Wildman–Crippen MR) is 81.7 cm³/mol. The molecule has 0 amide bonds. The molecule has 102 valence electrons. The van der Waals surface area contributed by atoms with E-state index >= 15 is 0 Å². The summed E-state index contributed by atoms with van der Waals surface area (Å²) in [5.74, 6) is 0.185. The van der Waals surface area contributed by atoms with Gasteiger partial charge in [-0.05, 0) is 41.1 Å². The SMILES string of the molecule is CCOC(=O)C=Cc1nc2cc(Br)c(Cl)cc2[nH]1.Cl. The average Bonchev–Trinajstić information content (AvgIpc) is 2.69. The maximum absolute atomic E-state index is 11.2. The minimum absolute atomic E-state index is 0. The number of benzene rings is 1. The lowest BCUT2D eigenvalue weighted by Gasteiger charge is -1.93. The minimum atomic E-state index is -0.392. The molecule has 1 heterocycles. The molecular weight excluding hydrogens is 355 g/mol. The van der Waals surface area contributed by atoms with Crippen LogP contribution in [0.15, 0.2) is 22.7 Å². The molecule has 19 heavy (non-hydrogen) atoms. The van der Waals surface area contributed by atoms with Gasteiger partial charge in [0.2, 0.25) is 0 Å². The fourth-order valence-corrected chi connectivity index (χ4v) is 1.94. The summed E-state index contributed by atoms with van der Waals surface area (Å²) in [5.41, 5.74) is 1.58. The van der Waals surface area contributed by atoms with Gasteiger partial charge in [-0.15, -0.1) is 12.4 Å². The topological polar surface area (TPSA) is 55.0 Å². The summed E-state index contributed by atoms with van der Waals surface area (Å²) < 4.78 is 5.56. The Morgan fingerprint density at radius 3 is 3.00 bits per heavy atom. The maximum Gasteiger partial charge on any atom is 0.330 e. The van der Waals surface area contributed by atoms with Gasteiger partial charge in [0.1, 0.15) is 5.82 Å². The summed E-state index contributed by atoms with van der Waals surface area (Å²) in [6.45, 7) is 2.11. The third kappa shape index (κ3) is 3.96. The van der Waals surface area contributed by atoms with E-state index in [9.17, 15) is 4.79 Å². The third-order valence-corrected chi connectivity index (χ3v) is 3.40. The van der Waals surface area contributed by atoms with Crippen molar-refractivity contribution in [3.8, 4) is 0 Å². The van der Waals surface area contributed by atoms with Gasteiger partial charge in [-0.25, -0.2) is 9.78 Å². The van der Waals surface area contributed by atoms with Crippen LogP contribution in [0, 0.1) is 0 Å². The smallest absolute Gasteiger partial charge is 0.330 e. The van der Waals surface area contributed by atoms with Crippen LogP contribution in [0.3, 0.4) is 0 Å². The van der Waals surface area contributed by atoms with E-state index < -0.39 is 5.97 Å². The second-order valence-corrected chi connectivity index (χ2v) is 4.75. The van der Waals surface area contributed by atoms with Gasteiger partial charge in [-0.2, -0.15) is 0 Å². The van der Waals surface area contributed by atoms with E-state index in [0.717, 1.165) is 15.5 Å². The molecule has 0 bridgehead atoms. The minimum Gasteiger partial charge on any atom is -0.463 e. The Labute approximate surface area is 129 Å². The highest BCUT2D eigenvalue weighted by Gasteiger charge is 2.05. The molecule has 0 fully saturated rings. The maximum atomic E-state index is 11.2. The molecule has 0 spiro atoms. The zero-order valence-electron chi connectivity index (χ0n) is 9.94. The van der Waals surface area contributed by atoms with Gasteiger partial charge >= 0.3 is 5.97 Å². The summed E-state index contributed by atoms with van der Waals surface area (Å²) in [6.07, 6.45) is 2.90. The van der Waals surface area contributed by atoms with Crippen LogP contribution in [-0.4, -0.2) is 22.5 Å². The molecule has 0 saturated heterocycles. The lowest BCUT2D eigenvalue weighted by atomic mass is 10.3. The van der Waals surface area contributed by atoms with Crippen LogP contribution < -0.4 is 0 Å². The number of nitrogens with one attached hydrogen (secondary N) is 1. The Hall–Kier alpha value is -1.04. The van der Waals surface area contributed by atoms with Crippen molar-refractivity contribution in [1.29, 1.82) is 0 Å². The highest BCUT2D eigenvalue weighted by atomic mass is 79.9. The standard InChI is InChI=1S/C12H10BrClN2O2.ClH/c1-2-18-12(17)4-3-11-15-9-5-7(13)8(14)6-10(9)16-11;/h3-6H,2H2,1H3,(H,15,16);1H. The number of imidazole rings is 1. The fourth-order valence-electron chi connectivity index (χ4n) is 1.44. The van der Waals surface area contributed by atoms with Gasteiger partial charge < -0.3 is 9.72 Å². The summed E-state index contributed by atoms with van der Waals surface area (Å²) in [7, 11) is 0. The summed E-state index contributed by atoms with van der Waals surface area (Å²) in [4.78, 5) is 18.5. The number of H-pyrrole nitrogens is 1. The molecule has 0 aliphatic carbocycles.